The zero-order chi connectivity index (χ0) is 15.4. The summed E-state index contributed by atoms with van der Waals surface area (Å²) in [5.74, 6) is -0.160. The van der Waals surface area contributed by atoms with Gasteiger partial charge in [-0.05, 0) is 36.8 Å². The first-order valence-corrected chi connectivity index (χ1v) is 6.99. The normalized spacial score (nSPS) is 10.4. The molecule has 0 aliphatic rings. The predicted octanol–water partition coefficient (Wildman–Crippen LogP) is 2.89. The number of aryl methyl sites for hydroxylation is 1. The van der Waals surface area contributed by atoms with Crippen LogP contribution in [0.2, 0.25) is 0 Å². The first-order valence-electron chi connectivity index (χ1n) is 6.99. The van der Waals surface area contributed by atoms with Crippen LogP contribution in [0.4, 0.5) is 5.69 Å². The molecule has 0 radical (unpaired) electrons. The summed E-state index contributed by atoms with van der Waals surface area (Å²) in [4.78, 5) is 20.3. The van der Waals surface area contributed by atoms with Crippen molar-refractivity contribution in [2.24, 2.45) is 0 Å². The van der Waals surface area contributed by atoms with Crippen molar-refractivity contribution in [1.29, 1.82) is 0 Å². The lowest BCUT2D eigenvalue weighted by molar-refractivity contribution is 0.102. The molecule has 5 heteroatoms. The fraction of sp³-hybridized carbons (Fsp3) is 0.118. The molecule has 0 bridgehead atoms. The van der Waals surface area contributed by atoms with E-state index in [-0.39, 0.29) is 5.91 Å². The summed E-state index contributed by atoms with van der Waals surface area (Å²) in [5.41, 5.74) is 3.30. The molecule has 1 N–H and O–H groups in total. The van der Waals surface area contributed by atoms with Gasteiger partial charge < -0.3 is 9.88 Å². The van der Waals surface area contributed by atoms with E-state index >= 15 is 0 Å². The van der Waals surface area contributed by atoms with Gasteiger partial charge in [0.1, 0.15) is 0 Å². The standard InChI is InChI=1S/C17H16N4O/c1-13-5-6-15(10-19-13)17(22)20-16-4-2-3-14(9-16)11-21-8-7-18-12-21/h2-10,12H,11H2,1H3,(H,20,22). The summed E-state index contributed by atoms with van der Waals surface area (Å²) >= 11 is 0. The molecule has 0 aliphatic heterocycles. The molecule has 2 aromatic heterocycles. The van der Waals surface area contributed by atoms with Crippen LogP contribution in [-0.2, 0) is 6.54 Å². The maximum absolute atomic E-state index is 12.2. The van der Waals surface area contributed by atoms with Gasteiger partial charge in [-0.3, -0.25) is 9.78 Å². The summed E-state index contributed by atoms with van der Waals surface area (Å²) in [6.07, 6.45) is 7.00. The number of anilines is 1. The Morgan fingerprint density at radius 1 is 1.27 bits per heavy atom. The third-order valence-corrected chi connectivity index (χ3v) is 3.28. The van der Waals surface area contributed by atoms with Crippen LogP contribution < -0.4 is 5.32 Å². The first-order chi connectivity index (χ1) is 10.7. The van der Waals surface area contributed by atoms with Crippen LogP contribution >= 0.6 is 0 Å². The molecule has 0 unspecified atom stereocenters. The Bertz CT molecular complexity index is 764. The Morgan fingerprint density at radius 2 is 2.18 bits per heavy atom. The highest BCUT2D eigenvalue weighted by Crippen LogP contribution is 2.13. The van der Waals surface area contributed by atoms with Crippen molar-refractivity contribution in [3.8, 4) is 0 Å². The number of hydrogen-bond acceptors (Lipinski definition) is 3. The fourth-order valence-electron chi connectivity index (χ4n) is 2.14. The van der Waals surface area contributed by atoms with Gasteiger partial charge in [-0.1, -0.05) is 12.1 Å². The molecule has 0 saturated heterocycles. The smallest absolute Gasteiger partial charge is 0.257 e. The van der Waals surface area contributed by atoms with Crippen molar-refractivity contribution in [1.82, 2.24) is 14.5 Å². The molecule has 0 spiro atoms. The average molecular weight is 292 g/mol. The van der Waals surface area contributed by atoms with Crippen LogP contribution in [0.15, 0.2) is 61.3 Å². The maximum Gasteiger partial charge on any atom is 0.257 e. The van der Waals surface area contributed by atoms with E-state index in [2.05, 4.69) is 15.3 Å². The Morgan fingerprint density at radius 3 is 2.91 bits per heavy atom. The Kier molecular flexibility index (Phi) is 3.96. The number of pyridine rings is 1. The molecule has 0 aliphatic carbocycles. The lowest BCUT2D eigenvalue weighted by Gasteiger charge is -2.08. The highest BCUT2D eigenvalue weighted by Gasteiger charge is 2.06. The molecule has 0 fully saturated rings. The number of imidazole rings is 1. The molecule has 5 nitrogen and oxygen atoms in total. The minimum absolute atomic E-state index is 0.160. The molecule has 22 heavy (non-hydrogen) atoms. The predicted molar refractivity (Wildman–Crippen MR) is 84.7 cm³/mol. The summed E-state index contributed by atoms with van der Waals surface area (Å²) < 4.78 is 1.98. The monoisotopic (exact) mass is 292 g/mol. The summed E-state index contributed by atoms with van der Waals surface area (Å²) in [6.45, 7) is 2.61. The van der Waals surface area contributed by atoms with Gasteiger partial charge in [-0.2, -0.15) is 0 Å². The molecule has 1 aromatic carbocycles. The zero-order valence-electron chi connectivity index (χ0n) is 12.2. The summed E-state index contributed by atoms with van der Waals surface area (Å²) in [5, 5.41) is 2.89. The quantitative estimate of drug-likeness (QED) is 0.804. The topological polar surface area (TPSA) is 59.8 Å². The van der Waals surface area contributed by atoms with Crippen LogP contribution in [0.1, 0.15) is 21.6 Å². The molecular formula is C17H16N4O. The number of hydrogen-bond donors (Lipinski definition) is 1. The summed E-state index contributed by atoms with van der Waals surface area (Å²) in [6, 6.07) is 11.4. The highest BCUT2D eigenvalue weighted by molar-refractivity contribution is 6.04. The number of rotatable bonds is 4. The van der Waals surface area contributed by atoms with Gasteiger partial charge in [0.2, 0.25) is 0 Å². The molecule has 0 atom stereocenters. The van der Waals surface area contributed by atoms with Crippen LogP contribution in [0.25, 0.3) is 0 Å². The van der Waals surface area contributed by atoms with E-state index in [9.17, 15) is 4.79 Å². The fourth-order valence-corrected chi connectivity index (χ4v) is 2.14. The molecule has 2 heterocycles. The lowest BCUT2D eigenvalue weighted by atomic mass is 10.2. The molecule has 3 rings (SSSR count). The molecule has 1 amide bonds. The lowest BCUT2D eigenvalue weighted by Crippen LogP contribution is -2.12. The number of carbonyl (C=O) groups is 1. The minimum Gasteiger partial charge on any atom is -0.333 e. The van der Waals surface area contributed by atoms with E-state index in [4.69, 9.17) is 0 Å². The second-order valence-corrected chi connectivity index (χ2v) is 5.08. The highest BCUT2D eigenvalue weighted by atomic mass is 16.1. The van der Waals surface area contributed by atoms with E-state index in [1.807, 2.05) is 48.0 Å². The summed E-state index contributed by atoms with van der Waals surface area (Å²) in [7, 11) is 0. The molecule has 0 saturated carbocycles. The molecule has 110 valence electrons. The van der Waals surface area contributed by atoms with Crippen LogP contribution in [0.3, 0.4) is 0 Å². The van der Waals surface area contributed by atoms with Crippen molar-refractivity contribution < 1.29 is 4.79 Å². The minimum atomic E-state index is -0.160. The number of nitrogens with one attached hydrogen (secondary N) is 1. The van der Waals surface area contributed by atoms with Crippen molar-refractivity contribution in [3.63, 3.8) is 0 Å². The largest absolute Gasteiger partial charge is 0.333 e. The zero-order valence-corrected chi connectivity index (χ0v) is 12.2. The Balaban J connectivity index is 1.72. The number of aromatic nitrogens is 3. The van der Waals surface area contributed by atoms with Gasteiger partial charge in [-0.25, -0.2) is 4.98 Å². The molecular weight excluding hydrogens is 276 g/mol. The third kappa shape index (κ3) is 3.38. The van der Waals surface area contributed by atoms with Crippen LogP contribution in [-0.4, -0.2) is 20.4 Å². The second-order valence-electron chi connectivity index (χ2n) is 5.08. The average Bonchev–Trinajstić information content (AvgIpc) is 3.01. The maximum atomic E-state index is 12.2. The first kappa shape index (κ1) is 14.0. The van der Waals surface area contributed by atoms with Gasteiger partial charge in [0.05, 0.1) is 11.9 Å². The SMILES string of the molecule is Cc1ccc(C(=O)Nc2cccc(Cn3ccnc3)c2)cn1. The van der Waals surface area contributed by atoms with E-state index in [0.29, 0.717) is 5.56 Å². The second kappa shape index (κ2) is 6.22. The van der Waals surface area contributed by atoms with Crippen molar-refractivity contribution in [3.05, 3.63) is 78.1 Å². The van der Waals surface area contributed by atoms with E-state index in [1.165, 1.54) is 0 Å². The van der Waals surface area contributed by atoms with Gasteiger partial charge in [-0.15, -0.1) is 0 Å². The van der Waals surface area contributed by atoms with E-state index in [0.717, 1.165) is 23.5 Å². The van der Waals surface area contributed by atoms with E-state index < -0.39 is 0 Å². The van der Waals surface area contributed by atoms with Crippen LogP contribution in [0.5, 0.6) is 0 Å². The Hall–Kier alpha value is -2.95. The Labute approximate surface area is 128 Å². The van der Waals surface area contributed by atoms with E-state index in [1.54, 1.807) is 24.8 Å². The van der Waals surface area contributed by atoms with Crippen molar-refractivity contribution in [2.75, 3.05) is 5.32 Å². The van der Waals surface area contributed by atoms with Crippen molar-refractivity contribution in [2.45, 2.75) is 13.5 Å². The van der Waals surface area contributed by atoms with Gasteiger partial charge >= 0.3 is 0 Å². The number of amides is 1. The number of nitrogens with zero attached hydrogens (tertiary/aromatic N) is 3. The van der Waals surface area contributed by atoms with Crippen molar-refractivity contribution >= 4 is 11.6 Å². The number of benzene rings is 1. The number of carbonyl (C=O) groups excluding carboxylic acids is 1. The van der Waals surface area contributed by atoms with Gasteiger partial charge in [0.15, 0.2) is 0 Å². The van der Waals surface area contributed by atoms with Gasteiger partial charge in [0, 0.05) is 36.5 Å². The molecule has 3 aromatic rings. The van der Waals surface area contributed by atoms with Gasteiger partial charge in [0.25, 0.3) is 5.91 Å². The third-order valence-electron chi connectivity index (χ3n) is 3.28. The van der Waals surface area contributed by atoms with Crippen LogP contribution in [0, 0.1) is 6.92 Å².